The maximum atomic E-state index is 16.3. The van der Waals surface area contributed by atoms with Crippen molar-refractivity contribution in [2.75, 3.05) is 32.1 Å². The number of amides is 10. The van der Waals surface area contributed by atoms with Gasteiger partial charge in [-0.25, -0.2) is 10.3 Å². The van der Waals surface area contributed by atoms with Gasteiger partial charge in [0.2, 0.25) is 65.2 Å². The third-order valence-corrected chi connectivity index (χ3v) is 22.8. The van der Waals surface area contributed by atoms with Crippen molar-refractivity contribution in [1.29, 1.82) is 0 Å². The number of aromatic hydroxyl groups is 3. The van der Waals surface area contributed by atoms with Gasteiger partial charge in [-0.3, -0.25) is 57.4 Å². The van der Waals surface area contributed by atoms with Crippen molar-refractivity contribution < 1.29 is 127 Å². The van der Waals surface area contributed by atoms with E-state index in [0.717, 1.165) is 72.8 Å². The number of anilines is 1. The minimum absolute atomic E-state index is 0.0500. The zero-order valence-electron chi connectivity index (χ0n) is 67.9. The van der Waals surface area contributed by atoms with Crippen LogP contribution in [0.1, 0.15) is 111 Å². The number of aliphatic hydroxyl groups is 6. The van der Waals surface area contributed by atoms with Gasteiger partial charge < -0.3 is 134 Å². The number of aliphatic hydroxyl groups excluding tert-OH is 6. The highest BCUT2D eigenvalue weighted by Gasteiger charge is 2.52. The molecule has 0 spiro atoms. The highest BCUT2D eigenvalue weighted by Crippen LogP contribution is 2.50. The first-order chi connectivity index (χ1) is 60.2. The van der Waals surface area contributed by atoms with Crippen molar-refractivity contribution in [3.63, 3.8) is 0 Å². The Balaban J connectivity index is 0.999. The second-order valence-corrected chi connectivity index (χ2v) is 32.8. The molecule has 2 fully saturated rings. The number of nitrogens with one attached hydrogen (secondary N) is 10. The van der Waals surface area contributed by atoms with Gasteiger partial charge >= 0.3 is 5.69 Å². The van der Waals surface area contributed by atoms with Crippen molar-refractivity contribution in [3.05, 3.63) is 173 Å². The van der Waals surface area contributed by atoms with Gasteiger partial charge in [0.15, 0.2) is 30.5 Å². The Morgan fingerprint density at radius 3 is 1.97 bits per heavy atom. The zero-order chi connectivity index (χ0) is 92.1. The van der Waals surface area contributed by atoms with E-state index in [1.807, 2.05) is 5.48 Å². The van der Waals surface area contributed by atoms with Crippen LogP contribution in [0.3, 0.4) is 0 Å². The number of nitrogens with zero attached hydrogens (tertiary/aromatic N) is 2. The Hall–Kier alpha value is -11.6. The molecule has 678 valence electrons. The van der Waals surface area contributed by atoms with Crippen molar-refractivity contribution in [3.8, 4) is 57.1 Å². The van der Waals surface area contributed by atoms with Gasteiger partial charge in [0.1, 0.15) is 101 Å². The molecule has 18 atom stereocenters. The Morgan fingerprint density at radius 1 is 0.685 bits per heavy atom. The van der Waals surface area contributed by atoms with Crippen LogP contribution >= 0.6 is 46.4 Å². The predicted octanol–water partition coefficient (Wildman–Crippen LogP) is 0.930. The minimum atomic E-state index is -2.42. The molecule has 6 aromatic carbocycles. The molecule has 11 bridgehead atoms. The number of hydroxylamine groups is 1. The first-order valence-electron chi connectivity index (χ1n) is 39.4. The number of hydrogen-bond acceptors (Lipinski definition) is 30. The molecule has 23 N–H and O–H groups in total. The molecule has 14 rings (SSSR count). The normalized spacial score (nSPS) is 25.7. The van der Waals surface area contributed by atoms with Gasteiger partial charge in [-0.2, -0.15) is 4.98 Å². The van der Waals surface area contributed by atoms with Crippen LogP contribution in [0.5, 0.6) is 46.0 Å². The summed E-state index contributed by atoms with van der Waals surface area (Å²) in [5.41, 5.74) is 8.26. The average molecular weight is 1850 g/mol. The molecule has 7 aromatic rings. The number of hydrogen-bond donors (Lipinski definition) is 21. The fraction of sp³-hybridized carbons (Fsp3) is 0.390. The average Bonchev–Trinajstić information content (AvgIpc) is 0.762. The molecule has 45 heteroatoms. The summed E-state index contributed by atoms with van der Waals surface area (Å²) in [5, 5.41) is 130. The number of phenolic OH excluding ortho intramolecular Hbond substituents is 3. The molecule has 41 nitrogen and oxygen atoms in total. The lowest BCUT2D eigenvalue weighted by atomic mass is 9.85. The van der Waals surface area contributed by atoms with E-state index in [2.05, 4.69) is 52.8 Å². The molecule has 0 saturated carbocycles. The fourth-order valence-corrected chi connectivity index (χ4v) is 15.8. The molecule has 0 radical (unpaired) electrons. The summed E-state index contributed by atoms with van der Waals surface area (Å²) in [6.07, 6.45) is -18.5. The maximum absolute atomic E-state index is 16.3. The molecule has 0 aliphatic carbocycles. The number of halogens is 4. The second kappa shape index (κ2) is 40.1. The molecule has 7 aliphatic heterocycles. The number of carbonyl (C=O) groups excluding carboxylic acids is 10. The third-order valence-electron chi connectivity index (χ3n) is 21.5. The largest absolute Gasteiger partial charge is 0.508 e. The van der Waals surface area contributed by atoms with E-state index < -0.39 is 277 Å². The highest BCUT2D eigenvalue weighted by molar-refractivity contribution is 6.42. The number of phenols is 3. The Kier molecular flexibility index (Phi) is 29.9. The SMILES string of the molecule is CN[C@H](CC(C)C)C(=O)N[C@H]1C(=O)N[C@@H](CC(N)=O)C(=O)N[C@H]2C(=O)N[C@H]3C(=O)N[C@H](C(=O)N[C@@H](C(=O)NOCC(N)=O)c4cc(O)cc(O)c4-c4cc3ccc4O)[C@H](O)c3ccc(c(Cl)c3)Oc3cc2cc(c3OC2O[C@H](CO)[C@@H](O)[C@H](O)[C@H]2O[C@H]2C[C@@](C)(NCCn3ccc(NC(=O)Cc4ccc(Cl)c(Cl)c4)nc3=O)[C@H](O)[C@H](C)O2)Oc2ccc(cc2Cl)[C@H]1O. The molecule has 2 saturated heterocycles. The van der Waals surface area contributed by atoms with Crippen LogP contribution in [-0.2, 0) is 80.0 Å². The molecular formula is C82H90Cl4N14O27. The van der Waals surface area contributed by atoms with Gasteiger partial charge in [-0.1, -0.05) is 84.5 Å². The quantitative estimate of drug-likeness (QED) is 0.0396. The van der Waals surface area contributed by atoms with Gasteiger partial charge in [0.25, 0.3) is 5.91 Å². The van der Waals surface area contributed by atoms with Crippen molar-refractivity contribution in [2.24, 2.45) is 17.4 Å². The number of ether oxygens (including phenoxy) is 6. The van der Waals surface area contributed by atoms with E-state index in [4.69, 9.17) is 91.1 Å². The number of nitrogens with two attached hydrogens (primary N) is 2. The number of rotatable bonds is 23. The first kappa shape index (κ1) is 94.5. The van der Waals surface area contributed by atoms with Crippen LogP contribution in [0.4, 0.5) is 5.82 Å². The fourth-order valence-electron chi connectivity index (χ4n) is 15.0. The lowest BCUT2D eigenvalue weighted by molar-refractivity contribution is -0.334. The van der Waals surface area contributed by atoms with Gasteiger partial charge in [0.05, 0.1) is 57.8 Å². The lowest BCUT2D eigenvalue weighted by Gasteiger charge is -2.48. The molecule has 1 unspecified atom stereocenters. The summed E-state index contributed by atoms with van der Waals surface area (Å²) >= 11 is 26.5. The smallest absolute Gasteiger partial charge is 0.349 e. The summed E-state index contributed by atoms with van der Waals surface area (Å²) in [6, 6.07) is 4.80. The van der Waals surface area contributed by atoms with Gasteiger partial charge in [-0.05, 0) is 139 Å². The number of primary amides is 2. The molecule has 10 amide bonds. The molecule has 8 heterocycles. The summed E-state index contributed by atoms with van der Waals surface area (Å²) in [5.74, 6) is -17.9. The number of benzene rings is 6. The number of likely N-dealkylation sites (N-methyl/N-ethyl adjacent to an activating group) is 1. The van der Waals surface area contributed by atoms with Crippen LogP contribution in [0.25, 0.3) is 11.1 Å². The zero-order valence-corrected chi connectivity index (χ0v) is 70.9. The third kappa shape index (κ3) is 21.8. The number of fused-ring (bicyclic) bond motifs is 15. The Morgan fingerprint density at radius 2 is 1.34 bits per heavy atom. The lowest BCUT2D eigenvalue weighted by Crippen LogP contribution is -2.65. The van der Waals surface area contributed by atoms with Crippen molar-refractivity contribution in [1.82, 2.24) is 57.6 Å². The maximum Gasteiger partial charge on any atom is 0.349 e. The Bertz CT molecular complexity index is 5490. The summed E-state index contributed by atoms with van der Waals surface area (Å²) in [6.45, 7) is 4.56. The van der Waals surface area contributed by atoms with Crippen LogP contribution in [-0.4, -0.2) is 220 Å². The van der Waals surface area contributed by atoms with Crippen LogP contribution in [0.15, 0.2) is 114 Å². The van der Waals surface area contributed by atoms with Crippen LogP contribution < -0.4 is 84.7 Å². The monoisotopic (exact) mass is 1840 g/mol. The van der Waals surface area contributed by atoms with Crippen LogP contribution in [0, 0.1) is 5.92 Å². The summed E-state index contributed by atoms with van der Waals surface area (Å²) in [4.78, 5) is 167. The molecular weight excluding hydrogens is 1750 g/mol. The highest BCUT2D eigenvalue weighted by atomic mass is 35.5. The minimum Gasteiger partial charge on any atom is -0.508 e. The van der Waals surface area contributed by atoms with E-state index in [9.17, 15) is 74.7 Å². The van der Waals surface area contributed by atoms with E-state index in [1.165, 1.54) is 49.0 Å². The van der Waals surface area contributed by atoms with E-state index in [-0.39, 0.29) is 65.3 Å². The first-order valence-corrected chi connectivity index (χ1v) is 40.9. The second-order valence-electron chi connectivity index (χ2n) is 31.2. The van der Waals surface area contributed by atoms with Crippen LogP contribution in [0.2, 0.25) is 20.1 Å². The van der Waals surface area contributed by atoms with E-state index >= 15 is 24.0 Å². The predicted molar refractivity (Wildman–Crippen MR) is 446 cm³/mol. The summed E-state index contributed by atoms with van der Waals surface area (Å²) in [7, 11) is 1.46. The number of carbonyl (C=O) groups is 10. The standard InChI is InChI=1S/C82H90Cl4N14O27/c1-32(2)18-46(89-5)73(113)97-64-66(108)36-8-12-50(44(85)22-36)123-52-24-38-25-53(70(52)127-80-71(69(111)68(110)54(30-101)125-80)126-59-29-82(4,72(112)33(3)122-59)90-15-17-100-16-14-57(93-81(100)120)92-58(107)20-34-6-10-42(83)43(84)19-34)124-51-13-9-37(23-45(51)86)67(109)65-78(118)96-63(79(119)99-121-31-56(88)106)41-26-39(102)27-49(104)60(41)40-21-35(7-11-48(40)103)61(75(115)98-65)95-76(116)62(38)94-74(114)47(28-55(87)105)91-77(64)117/h6-14,16,19,21-27,32-33,46-47,54,59,61-69,71-72,80,89-90,101-104,108-112H,15,17-18,20,28-31H2,1-5H3,(H2,87,105)(H2,88,106)(H,91,117)(H,94,114)(H,95,116)(H,96,118)(H,97,113)(H,98,115)(H,99,119)(H,92,93,107,120)/t33-,46+,47-,54+,59-,61+,62+,63+,64+,65-,66+,67+,68+,69-,71+,72+,80?,82+/m0/s1. The summed E-state index contributed by atoms with van der Waals surface area (Å²) < 4.78 is 40.6. The van der Waals surface area contributed by atoms with Crippen molar-refractivity contribution >= 4 is 111 Å². The Labute approximate surface area is 741 Å². The van der Waals surface area contributed by atoms with Gasteiger partial charge in [-0.15, -0.1) is 0 Å². The molecule has 7 aliphatic rings. The molecule has 127 heavy (non-hydrogen) atoms. The molecule has 1 aromatic heterocycles. The van der Waals surface area contributed by atoms with E-state index in [1.54, 1.807) is 26.8 Å². The topological polar surface area (TPSA) is 625 Å². The van der Waals surface area contributed by atoms with E-state index in [0.29, 0.717) is 5.56 Å². The van der Waals surface area contributed by atoms with Crippen molar-refractivity contribution in [2.45, 2.75) is 169 Å². The number of aromatic nitrogens is 2. The van der Waals surface area contributed by atoms with Gasteiger partial charge in [0, 0.05) is 48.4 Å².